The molecule has 1 atom stereocenters. The van der Waals surface area contributed by atoms with Crippen molar-refractivity contribution in [3.05, 3.63) is 66.2 Å². The van der Waals surface area contributed by atoms with Gasteiger partial charge in [0.25, 0.3) is 0 Å². The van der Waals surface area contributed by atoms with Crippen LogP contribution < -0.4 is 4.90 Å². The molecule has 0 aliphatic carbocycles. The standard InChI is InChI=1S/C27H25FN6O3/c1-16-5-3-7-20-25(19-6-4-8-21-24(19)27(28)32(2)30-21)31-34(26(16)20)17-9-10-22(29-14-17)33-11-12-37-18(15-33)13-23(35)36/h3-10,14,18H,11-13,15H2,1-2H3,(H,35,36). The first-order valence-corrected chi connectivity index (χ1v) is 12.1. The van der Waals surface area contributed by atoms with Crippen LogP contribution in [0.5, 0.6) is 0 Å². The highest BCUT2D eigenvalue weighted by molar-refractivity contribution is 6.03. The van der Waals surface area contributed by atoms with Gasteiger partial charge in [0, 0.05) is 31.1 Å². The van der Waals surface area contributed by atoms with E-state index >= 15 is 4.39 Å². The number of aliphatic carboxylic acids is 1. The number of aryl methyl sites for hydroxylation is 2. The number of fused-ring (bicyclic) bond motifs is 2. The predicted molar refractivity (Wildman–Crippen MR) is 137 cm³/mol. The number of carboxylic acids is 1. The molecule has 9 nitrogen and oxygen atoms in total. The maximum atomic E-state index is 15.0. The van der Waals surface area contributed by atoms with Crippen LogP contribution in [0.4, 0.5) is 10.2 Å². The van der Waals surface area contributed by atoms with E-state index in [1.807, 2.05) is 59.0 Å². The fraction of sp³-hybridized carbons (Fsp3) is 0.259. The fourth-order valence-corrected chi connectivity index (χ4v) is 5.06. The molecule has 1 unspecified atom stereocenters. The van der Waals surface area contributed by atoms with E-state index < -0.39 is 11.9 Å². The monoisotopic (exact) mass is 500 g/mol. The molecule has 1 N–H and O–H groups in total. The average Bonchev–Trinajstić information content (AvgIpc) is 3.42. The predicted octanol–water partition coefficient (Wildman–Crippen LogP) is 4.10. The van der Waals surface area contributed by atoms with Gasteiger partial charge in [-0.2, -0.15) is 14.6 Å². The zero-order valence-electron chi connectivity index (χ0n) is 20.4. The van der Waals surface area contributed by atoms with Gasteiger partial charge >= 0.3 is 5.97 Å². The van der Waals surface area contributed by atoms with Crippen molar-refractivity contribution in [1.82, 2.24) is 24.5 Å². The third-order valence-electron chi connectivity index (χ3n) is 6.79. The number of para-hydroxylation sites is 1. The molecule has 188 valence electrons. The largest absolute Gasteiger partial charge is 0.481 e. The Hall–Kier alpha value is -4.31. The molecule has 2 aromatic carbocycles. The Balaban J connectivity index is 1.42. The van der Waals surface area contributed by atoms with Gasteiger partial charge in [0.15, 0.2) is 0 Å². The highest BCUT2D eigenvalue weighted by atomic mass is 19.1. The van der Waals surface area contributed by atoms with Crippen molar-refractivity contribution >= 4 is 33.6 Å². The first kappa shape index (κ1) is 23.1. The highest BCUT2D eigenvalue weighted by Crippen LogP contribution is 2.36. The molecule has 5 aromatic rings. The molecular weight excluding hydrogens is 475 g/mol. The van der Waals surface area contributed by atoms with Crippen LogP contribution in [0, 0.1) is 12.9 Å². The number of carboxylic acid groups (broad SMARTS) is 1. The minimum absolute atomic E-state index is 0.0415. The number of carbonyl (C=O) groups is 1. The number of nitrogens with zero attached hydrogens (tertiary/aromatic N) is 6. The van der Waals surface area contributed by atoms with Crippen LogP contribution in [0.2, 0.25) is 0 Å². The maximum absolute atomic E-state index is 15.0. The van der Waals surface area contributed by atoms with E-state index in [0.29, 0.717) is 41.9 Å². The Morgan fingerprint density at radius 1 is 1.16 bits per heavy atom. The van der Waals surface area contributed by atoms with Crippen LogP contribution in [0.1, 0.15) is 12.0 Å². The summed E-state index contributed by atoms with van der Waals surface area (Å²) in [4.78, 5) is 17.8. The van der Waals surface area contributed by atoms with Crippen LogP contribution in [0.25, 0.3) is 38.8 Å². The SMILES string of the molecule is Cc1cccc2c(-c3cccc4nn(C)c(F)c34)nn(-c3ccc(N4CCOC(CC(=O)O)C4)nc3)c12. The number of ether oxygens (including phenoxy) is 1. The molecule has 4 heterocycles. The molecule has 0 amide bonds. The van der Waals surface area contributed by atoms with Gasteiger partial charge in [0.05, 0.1) is 47.4 Å². The number of pyridine rings is 1. The summed E-state index contributed by atoms with van der Waals surface area (Å²) in [6.07, 6.45) is 1.34. The summed E-state index contributed by atoms with van der Waals surface area (Å²) in [6, 6.07) is 15.4. The molecule has 1 fully saturated rings. The first-order valence-electron chi connectivity index (χ1n) is 12.1. The Morgan fingerprint density at radius 3 is 2.78 bits per heavy atom. The summed E-state index contributed by atoms with van der Waals surface area (Å²) in [5.74, 6) is -0.537. The second-order valence-electron chi connectivity index (χ2n) is 9.26. The Labute approximate surface area is 211 Å². The molecule has 0 radical (unpaired) electrons. The lowest BCUT2D eigenvalue weighted by Crippen LogP contribution is -2.43. The lowest BCUT2D eigenvalue weighted by Gasteiger charge is -2.33. The number of morpholine rings is 1. The van der Waals surface area contributed by atoms with Crippen molar-refractivity contribution in [1.29, 1.82) is 0 Å². The molecule has 0 spiro atoms. The third-order valence-corrected chi connectivity index (χ3v) is 6.79. The first-order chi connectivity index (χ1) is 17.9. The quantitative estimate of drug-likeness (QED) is 0.388. The molecule has 0 saturated carbocycles. The van der Waals surface area contributed by atoms with E-state index in [1.165, 1.54) is 4.68 Å². The minimum Gasteiger partial charge on any atom is -0.481 e. The number of anilines is 1. The summed E-state index contributed by atoms with van der Waals surface area (Å²) in [6.45, 7) is 3.57. The molecule has 10 heteroatoms. The van der Waals surface area contributed by atoms with Gasteiger partial charge in [-0.15, -0.1) is 0 Å². The number of aromatic nitrogens is 5. The molecular formula is C27H25FN6O3. The van der Waals surface area contributed by atoms with E-state index in [9.17, 15) is 4.79 Å². The van der Waals surface area contributed by atoms with Crippen molar-refractivity contribution in [2.45, 2.75) is 19.4 Å². The molecule has 0 bridgehead atoms. The zero-order chi connectivity index (χ0) is 25.7. The minimum atomic E-state index is -0.881. The fourth-order valence-electron chi connectivity index (χ4n) is 5.06. The van der Waals surface area contributed by atoms with Gasteiger partial charge in [0.2, 0.25) is 5.95 Å². The Bertz CT molecular complexity index is 1640. The second kappa shape index (κ2) is 8.97. The van der Waals surface area contributed by atoms with Crippen molar-refractivity contribution < 1.29 is 19.0 Å². The molecule has 1 aliphatic heterocycles. The normalized spacial score (nSPS) is 16.1. The lowest BCUT2D eigenvalue weighted by atomic mass is 10.0. The number of benzene rings is 2. The summed E-state index contributed by atoms with van der Waals surface area (Å²) in [7, 11) is 1.59. The molecule has 1 aliphatic rings. The Morgan fingerprint density at radius 2 is 2.00 bits per heavy atom. The van der Waals surface area contributed by atoms with Crippen molar-refractivity contribution in [3.8, 4) is 16.9 Å². The van der Waals surface area contributed by atoms with Crippen LogP contribution in [0.3, 0.4) is 0 Å². The van der Waals surface area contributed by atoms with Crippen molar-refractivity contribution in [2.24, 2.45) is 7.05 Å². The van der Waals surface area contributed by atoms with Gasteiger partial charge in [-0.3, -0.25) is 4.79 Å². The van der Waals surface area contributed by atoms with E-state index in [1.54, 1.807) is 19.3 Å². The van der Waals surface area contributed by atoms with E-state index in [2.05, 4.69) is 10.1 Å². The number of rotatable bonds is 5. The number of hydrogen-bond acceptors (Lipinski definition) is 6. The maximum Gasteiger partial charge on any atom is 0.306 e. The van der Waals surface area contributed by atoms with Gasteiger partial charge < -0.3 is 14.7 Å². The summed E-state index contributed by atoms with van der Waals surface area (Å²) >= 11 is 0. The Kier molecular flexibility index (Phi) is 5.60. The van der Waals surface area contributed by atoms with E-state index in [4.69, 9.17) is 14.9 Å². The summed E-state index contributed by atoms with van der Waals surface area (Å²) in [5.41, 5.74) is 4.64. The van der Waals surface area contributed by atoms with Crippen molar-refractivity contribution in [3.63, 3.8) is 0 Å². The van der Waals surface area contributed by atoms with Crippen LogP contribution in [-0.2, 0) is 16.6 Å². The van der Waals surface area contributed by atoms with E-state index in [-0.39, 0.29) is 12.5 Å². The van der Waals surface area contributed by atoms with Gasteiger partial charge in [-0.1, -0.05) is 30.3 Å². The van der Waals surface area contributed by atoms with Gasteiger partial charge in [0.1, 0.15) is 11.5 Å². The zero-order valence-corrected chi connectivity index (χ0v) is 20.4. The summed E-state index contributed by atoms with van der Waals surface area (Å²) in [5, 5.41) is 19.7. The second-order valence-corrected chi connectivity index (χ2v) is 9.26. The van der Waals surface area contributed by atoms with Crippen LogP contribution in [0.15, 0.2) is 54.7 Å². The van der Waals surface area contributed by atoms with Crippen LogP contribution >= 0.6 is 0 Å². The number of hydrogen-bond donors (Lipinski definition) is 1. The average molecular weight is 501 g/mol. The van der Waals surface area contributed by atoms with Gasteiger partial charge in [-0.25, -0.2) is 14.3 Å². The molecule has 37 heavy (non-hydrogen) atoms. The molecule has 3 aromatic heterocycles. The smallest absolute Gasteiger partial charge is 0.306 e. The third kappa shape index (κ3) is 3.99. The van der Waals surface area contributed by atoms with Crippen molar-refractivity contribution in [2.75, 3.05) is 24.6 Å². The number of halogens is 1. The van der Waals surface area contributed by atoms with Crippen LogP contribution in [-0.4, -0.2) is 61.4 Å². The highest BCUT2D eigenvalue weighted by Gasteiger charge is 2.24. The molecule has 6 rings (SSSR count). The van der Waals surface area contributed by atoms with Gasteiger partial charge in [-0.05, 0) is 30.7 Å². The van der Waals surface area contributed by atoms with E-state index in [0.717, 1.165) is 28.0 Å². The topological polar surface area (TPSA) is 98.3 Å². The molecule has 1 saturated heterocycles. The summed E-state index contributed by atoms with van der Waals surface area (Å²) < 4.78 is 23.7. The lowest BCUT2D eigenvalue weighted by molar-refractivity contribution is -0.140.